The number of fused-ring (bicyclic) bond motifs is 1. The molecule has 0 radical (unpaired) electrons. The normalized spacial score (nSPS) is 21.4. The highest BCUT2D eigenvalue weighted by Crippen LogP contribution is 2.46. The molecule has 4 rings (SSSR count). The van der Waals surface area contributed by atoms with Crippen LogP contribution >= 0.6 is 0 Å². The SMILES string of the molecule is CC(C)[C@H]1CN(c2cc(C(F)(F)F)cc(-c3ncnc4c3[C@H](C(F)(F)F)CC(=O)N4)n2)CCN1. The number of anilines is 2. The zero-order chi connectivity index (χ0) is 24.8. The van der Waals surface area contributed by atoms with Gasteiger partial charge in [0.2, 0.25) is 5.91 Å². The minimum Gasteiger partial charge on any atom is -0.354 e. The number of hydrogen-bond donors (Lipinski definition) is 2. The number of carbonyl (C=O) groups excluding carboxylic acids is 1. The van der Waals surface area contributed by atoms with Crippen molar-refractivity contribution in [3.63, 3.8) is 0 Å². The van der Waals surface area contributed by atoms with E-state index in [1.54, 1.807) is 4.90 Å². The van der Waals surface area contributed by atoms with Crippen molar-refractivity contribution in [1.29, 1.82) is 0 Å². The highest BCUT2D eigenvalue weighted by atomic mass is 19.4. The Labute approximate surface area is 191 Å². The minimum absolute atomic E-state index is 0.00479. The molecule has 1 fully saturated rings. The Morgan fingerprint density at radius 2 is 1.85 bits per heavy atom. The molecule has 2 aromatic heterocycles. The van der Waals surface area contributed by atoms with E-state index in [1.165, 1.54) is 0 Å². The van der Waals surface area contributed by atoms with Crippen LogP contribution in [0.2, 0.25) is 0 Å². The molecule has 34 heavy (non-hydrogen) atoms. The van der Waals surface area contributed by atoms with Crippen LogP contribution in [-0.4, -0.2) is 52.7 Å². The molecule has 0 saturated carbocycles. The van der Waals surface area contributed by atoms with Gasteiger partial charge in [0, 0.05) is 37.7 Å². The van der Waals surface area contributed by atoms with Crippen LogP contribution in [0.1, 0.15) is 37.3 Å². The molecule has 2 atom stereocenters. The van der Waals surface area contributed by atoms with Gasteiger partial charge in [0.25, 0.3) is 0 Å². The number of alkyl halides is 6. The van der Waals surface area contributed by atoms with E-state index in [2.05, 4.69) is 25.6 Å². The lowest BCUT2D eigenvalue weighted by molar-refractivity contribution is -0.156. The summed E-state index contributed by atoms with van der Waals surface area (Å²) in [5.41, 5.74) is -2.31. The predicted octanol–water partition coefficient (Wildman–Crippen LogP) is 3.98. The maximum absolute atomic E-state index is 13.8. The number of halogens is 6. The molecule has 1 saturated heterocycles. The third kappa shape index (κ3) is 4.79. The quantitative estimate of drug-likeness (QED) is 0.637. The number of aromatic nitrogens is 3. The number of rotatable bonds is 3. The Morgan fingerprint density at radius 1 is 1.12 bits per heavy atom. The highest BCUT2D eigenvalue weighted by Gasteiger charge is 2.47. The minimum atomic E-state index is -4.83. The van der Waals surface area contributed by atoms with Crippen molar-refractivity contribution in [1.82, 2.24) is 20.3 Å². The van der Waals surface area contributed by atoms with Gasteiger partial charge in [-0.1, -0.05) is 13.8 Å². The number of piperazine rings is 1. The molecule has 0 bridgehead atoms. The van der Waals surface area contributed by atoms with Crippen LogP contribution < -0.4 is 15.5 Å². The monoisotopic (exact) mass is 488 g/mol. The van der Waals surface area contributed by atoms with Crippen LogP contribution in [0.15, 0.2) is 18.5 Å². The molecule has 0 aliphatic carbocycles. The summed E-state index contributed by atoms with van der Waals surface area (Å²) in [5, 5.41) is 5.55. The van der Waals surface area contributed by atoms with Crippen LogP contribution in [0, 0.1) is 5.92 Å². The van der Waals surface area contributed by atoms with Gasteiger partial charge in [-0.25, -0.2) is 15.0 Å². The van der Waals surface area contributed by atoms with Crippen molar-refractivity contribution in [3.8, 4) is 11.4 Å². The first-order chi connectivity index (χ1) is 15.8. The number of nitrogens with zero attached hydrogens (tertiary/aromatic N) is 4. The highest BCUT2D eigenvalue weighted by molar-refractivity contribution is 5.95. The summed E-state index contributed by atoms with van der Waals surface area (Å²) < 4.78 is 82.7. The molecule has 7 nitrogen and oxygen atoms in total. The van der Waals surface area contributed by atoms with Gasteiger partial charge in [0.05, 0.1) is 22.9 Å². The molecule has 0 spiro atoms. The smallest absolute Gasteiger partial charge is 0.354 e. The van der Waals surface area contributed by atoms with E-state index in [9.17, 15) is 31.1 Å². The molecule has 13 heteroatoms. The maximum atomic E-state index is 13.8. The van der Waals surface area contributed by atoms with E-state index in [0.717, 1.165) is 12.4 Å². The van der Waals surface area contributed by atoms with Crippen molar-refractivity contribution >= 4 is 17.5 Å². The average Bonchev–Trinajstić information content (AvgIpc) is 2.76. The number of carbonyl (C=O) groups is 1. The summed E-state index contributed by atoms with van der Waals surface area (Å²) >= 11 is 0. The summed E-state index contributed by atoms with van der Waals surface area (Å²) in [7, 11) is 0. The van der Waals surface area contributed by atoms with E-state index in [-0.39, 0.29) is 29.3 Å². The first-order valence-electron chi connectivity index (χ1n) is 10.6. The summed E-state index contributed by atoms with van der Waals surface area (Å²) in [6.45, 7) is 5.23. The fourth-order valence-electron chi connectivity index (χ4n) is 4.18. The molecule has 184 valence electrons. The van der Waals surface area contributed by atoms with Crippen molar-refractivity contribution in [3.05, 3.63) is 29.6 Å². The Hall–Kier alpha value is -2.96. The molecule has 2 N–H and O–H groups in total. The maximum Gasteiger partial charge on any atom is 0.416 e. The van der Waals surface area contributed by atoms with Crippen LogP contribution in [0.4, 0.5) is 38.0 Å². The fraction of sp³-hybridized carbons (Fsp3) is 0.524. The van der Waals surface area contributed by atoms with Crippen LogP contribution in [0.25, 0.3) is 11.4 Å². The van der Waals surface area contributed by atoms with Gasteiger partial charge in [0.1, 0.15) is 18.0 Å². The molecular weight excluding hydrogens is 466 g/mol. The molecule has 0 unspecified atom stereocenters. The number of nitrogens with one attached hydrogen (secondary N) is 2. The summed E-state index contributed by atoms with van der Waals surface area (Å²) in [5.74, 6) is -3.34. The Bertz CT molecular complexity index is 1090. The molecule has 0 aromatic carbocycles. The van der Waals surface area contributed by atoms with Crippen molar-refractivity contribution in [2.45, 2.75) is 44.6 Å². The lowest BCUT2D eigenvalue weighted by Crippen LogP contribution is -2.53. The first-order valence-corrected chi connectivity index (χ1v) is 10.6. The molecule has 1 amide bonds. The van der Waals surface area contributed by atoms with Crippen molar-refractivity contribution in [2.24, 2.45) is 5.92 Å². The van der Waals surface area contributed by atoms with Crippen molar-refractivity contribution in [2.75, 3.05) is 29.9 Å². The second-order valence-corrected chi connectivity index (χ2v) is 8.68. The van der Waals surface area contributed by atoms with Gasteiger partial charge >= 0.3 is 12.4 Å². The largest absolute Gasteiger partial charge is 0.416 e. The molecule has 2 aromatic rings. The zero-order valence-electron chi connectivity index (χ0n) is 18.3. The Kier molecular flexibility index (Phi) is 6.17. The second-order valence-electron chi connectivity index (χ2n) is 8.68. The van der Waals surface area contributed by atoms with Crippen LogP contribution in [0.5, 0.6) is 0 Å². The standard InChI is InChI=1S/C21H22F6N6O/c1-10(2)14-8-33(4-3-28-14)15-6-11(20(22,23)24)5-13(31-15)18-17-12(21(25,26)27)7-16(34)32-19(17)30-9-29-18/h5-6,9-10,12,14,28H,3-4,7-8H2,1-2H3,(H,29,30,32,34)/t12-,14-/m1/s1. The summed E-state index contributed by atoms with van der Waals surface area (Å²) in [6.07, 6.45) is -9.62. The van der Waals surface area contributed by atoms with E-state index in [4.69, 9.17) is 0 Å². The van der Waals surface area contributed by atoms with E-state index >= 15 is 0 Å². The molecule has 2 aliphatic heterocycles. The van der Waals surface area contributed by atoms with Gasteiger partial charge < -0.3 is 15.5 Å². The Morgan fingerprint density at radius 3 is 2.50 bits per heavy atom. The average molecular weight is 488 g/mol. The van der Waals surface area contributed by atoms with Gasteiger partial charge in [-0.2, -0.15) is 26.3 Å². The summed E-state index contributed by atoms with van der Waals surface area (Å²) in [4.78, 5) is 25.4. The first kappa shape index (κ1) is 24.2. The summed E-state index contributed by atoms with van der Waals surface area (Å²) in [6, 6.07) is 1.58. The van der Waals surface area contributed by atoms with E-state index < -0.39 is 47.4 Å². The third-order valence-corrected chi connectivity index (χ3v) is 5.99. The Balaban J connectivity index is 1.87. The lowest BCUT2D eigenvalue weighted by atomic mass is 9.89. The molecule has 2 aliphatic rings. The van der Waals surface area contributed by atoms with Crippen LogP contribution in [-0.2, 0) is 11.0 Å². The van der Waals surface area contributed by atoms with E-state index in [0.29, 0.717) is 25.7 Å². The number of amides is 1. The van der Waals surface area contributed by atoms with Gasteiger partial charge in [0.15, 0.2) is 0 Å². The second kappa shape index (κ2) is 8.67. The third-order valence-electron chi connectivity index (χ3n) is 5.99. The number of pyridine rings is 1. The van der Waals surface area contributed by atoms with Gasteiger partial charge in [-0.05, 0) is 18.1 Å². The molecular formula is C21H22F6N6O. The topological polar surface area (TPSA) is 83.0 Å². The van der Waals surface area contributed by atoms with Crippen molar-refractivity contribution < 1.29 is 31.1 Å². The zero-order valence-corrected chi connectivity index (χ0v) is 18.3. The number of hydrogen-bond acceptors (Lipinski definition) is 6. The van der Waals surface area contributed by atoms with Crippen LogP contribution in [0.3, 0.4) is 0 Å². The van der Waals surface area contributed by atoms with E-state index in [1.807, 2.05) is 13.8 Å². The fourth-order valence-corrected chi connectivity index (χ4v) is 4.18. The lowest BCUT2D eigenvalue weighted by Gasteiger charge is -2.37. The van der Waals surface area contributed by atoms with Gasteiger partial charge in [-0.3, -0.25) is 4.79 Å². The molecule has 4 heterocycles. The van der Waals surface area contributed by atoms with Gasteiger partial charge in [-0.15, -0.1) is 0 Å². The predicted molar refractivity (Wildman–Crippen MR) is 111 cm³/mol.